The summed E-state index contributed by atoms with van der Waals surface area (Å²) in [4.78, 5) is 0. The van der Waals surface area contributed by atoms with Gasteiger partial charge in [-0.3, -0.25) is 0 Å². The molecule has 0 bridgehead atoms. The Balaban J connectivity index is 1.61. The van der Waals surface area contributed by atoms with Crippen molar-refractivity contribution in [2.24, 2.45) is 0 Å². The van der Waals surface area contributed by atoms with Crippen LogP contribution in [0.25, 0.3) is 0 Å². The van der Waals surface area contributed by atoms with Gasteiger partial charge in [-0.15, -0.1) is 23.5 Å². The molecule has 2 aromatic rings. The molecule has 1 aliphatic heterocycles. The Hall–Kier alpha value is -1.06. The average molecular weight is 316 g/mol. The molecule has 0 aromatic heterocycles. The second-order valence-electron chi connectivity index (χ2n) is 5.35. The van der Waals surface area contributed by atoms with Crippen LogP contribution in [0.3, 0.4) is 0 Å². The maximum atomic E-state index is 5.89. The molecule has 3 heteroatoms. The molecule has 21 heavy (non-hydrogen) atoms. The van der Waals surface area contributed by atoms with Gasteiger partial charge in [0.15, 0.2) is 0 Å². The van der Waals surface area contributed by atoms with Gasteiger partial charge in [-0.1, -0.05) is 30.3 Å². The standard InChI is InChI=1S/C18H20OS2/c1-13-3-4-15(11-14(13)2)12-19-17-7-5-16(6-8-17)18-20-9-10-21-18/h3-8,11,18H,9-10,12H2,1-2H3. The van der Waals surface area contributed by atoms with Crippen molar-refractivity contribution >= 4 is 23.5 Å². The minimum Gasteiger partial charge on any atom is -0.489 e. The predicted octanol–water partition coefficient (Wildman–Crippen LogP) is 5.36. The first-order valence-electron chi connectivity index (χ1n) is 7.24. The van der Waals surface area contributed by atoms with Crippen LogP contribution >= 0.6 is 23.5 Å². The highest BCUT2D eigenvalue weighted by atomic mass is 32.2. The second-order valence-corrected chi connectivity index (χ2v) is 8.07. The number of benzene rings is 2. The Bertz CT molecular complexity index is 601. The van der Waals surface area contributed by atoms with E-state index in [9.17, 15) is 0 Å². The first kappa shape index (κ1) is 14.9. The van der Waals surface area contributed by atoms with Crippen molar-refractivity contribution in [3.8, 4) is 5.75 Å². The Morgan fingerprint density at radius 1 is 0.952 bits per heavy atom. The van der Waals surface area contributed by atoms with Crippen molar-refractivity contribution in [3.63, 3.8) is 0 Å². The number of rotatable bonds is 4. The summed E-state index contributed by atoms with van der Waals surface area (Å²) in [5.41, 5.74) is 5.28. The molecule has 1 fully saturated rings. The van der Waals surface area contributed by atoms with Gasteiger partial charge >= 0.3 is 0 Å². The largest absolute Gasteiger partial charge is 0.489 e. The molecule has 0 atom stereocenters. The van der Waals surface area contributed by atoms with Gasteiger partial charge in [0, 0.05) is 11.5 Å². The molecule has 110 valence electrons. The fraction of sp³-hybridized carbons (Fsp3) is 0.333. The first-order chi connectivity index (χ1) is 10.2. The van der Waals surface area contributed by atoms with E-state index in [1.807, 2.05) is 23.5 Å². The van der Waals surface area contributed by atoms with E-state index in [-0.39, 0.29) is 0 Å². The van der Waals surface area contributed by atoms with Crippen LogP contribution in [-0.4, -0.2) is 11.5 Å². The minimum atomic E-state index is 0.610. The van der Waals surface area contributed by atoms with Crippen LogP contribution in [0.15, 0.2) is 42.5 Å². The van der Waals surface area contributed by atoms with Crippen molar-refractivity contribution in [1.82, 2.24) is 0 Å². The zero-order chi connectivity index (χ0) is 14.7. The maximum absolute atomic E-state index is 5.89. The third-order valence-electron chi connectivity index (χ3n) is 3.75. The Kier molecular flexibility index (Phi) is 4.81. The Morgan fingerprint density at radius 2 is 1.67 bits per heavy atom. The van der Waals surface area contributed by atoms with Crippen LogP contribution in [0.2, 0.25) is 0 Å². The lowest BCUT2D eigenvalue weighted by atomic mass is 10.1. The molecule has 0 radical (unpaired) electrons. The highest BCUT2D eigenvalue weighted by Gasteiger charge is 2.17. The summed E-state index contributed by atoms with van der Waals surface area (Å²) in [5, 5.41) is 0. The number of aryl methyl sites for hydroxylation is 2. The van der Waals surface area contributed by atoms with Crippen LogP contribution in [0, 0.1) is 13.8 Å². The van der Waals surface area contributed by atoms with Crippen molar-refractivity contribution in [2.75, 3.05) is 11.5 Å². The zero-order valence-corrected chi connectivity index (χ0v) is 14.1. The van der Waals surface area contributed by atoms with Crippen LogP contribution in [0.1, 0.15) is 26.8 Å². The topological polar surface area (TPSA) is 9.23 Å². The van der Waals surface area contributed by atoms with Crippen molar-refractivity contribution in [2.45, 2.75) is 25.0 Å². The molecule has 0 spiro atoms. The van der Waals surface area contributed by atoms with Crippen molar-refractivity contribution in [1.29, 1.82) is 0 Å². The molecule has 3 rings (SSSR count). The Morgan fingerprint density at radius 3 is 2.33 bits per heavy atom. The minimum absolute atomic E-state index is 0.610. The van der Waals surface area contributed by atoms with Gasteiger partial charge in [-0.25, -0.2) is 0 Å². The van der Waals surface area contributed by atoms with Crippen LogP contribution in [-0.2, 0) is 6.61 Å². The molecule has 1 saturated heterocycles. The number of hydrogen-bond acceptors (Lipinski definition) is 3. The normalized spacial score (nSPS) is 15.3. The Labute approximate surface area is 135 Å². The molecule has 2 aromatic carbocycles. The van der Waals surface area contributed by atoms with Crippen LogP contribution in [0.4, 0.5) is 0 Å². The maximum Gasteiger partial charge on any atom is 0.119 e. The molecule has 0 unspecified atom stereocenters. The fourth-order valence-corrected chi connectivity index (χ4v) is 5.19. The summed E-state index contributed by atoms with van der Waals surface area (Å²) in [6.07, 6.45) is 0. The van der Waals surface area contributed by atoms with Gasteiger partial charge in [0.25, 0.3) is 0 Å². The van der Waals surface area contributed by atoms with E-state index in [1.165, 1.54) is 33.8 Å². The van der Waals surface area contributed by atoms with E-state index in [2.05, 4.69) is 56.3 Å². The fourth-order valence-electron chi connectivity index (χ4n) is 2.33. The SMILES string of the molecule is Cc1ccc(COc2ccc(C3SCCS3)cc2)cc1C. The molecule has 0 N–H and O–H groups in total. The summed E-state index contributed by atoms with van der Waals surface area (Å²) >= 11 is 4.07. The number of hydrogen-bond donors (Lipinski definition) is 0. The second kappa shape index (κ2) is 6.80. The summed E-state index contributed by atoms with van der Waals surface area (Å²) in [7, 11) is 0. The molecule has 0 aliphatic carbocycles. The lowest BCUT2D eigenvalue weighted by molar-refractivity contribution is 0.306. The molecule has 0 saturated carbocycles. The summed E-state index contributed by atoms with van der Waals surface area (Å²) < 4.78 is 6.50. The van der Waals surface area contributed by atoms with E-state index < -0.39 is 0 Å². The van der Waals surface area contributed by atoms with Crippen molar-refractivity contribution < 1.29 is 4.74 Å². The van der Waals surface area contributed by atoms with Crippen LogP contribution in [0.5, 0.6) is 5.75 Å². The molecular weight excluding hydrogens is 296 g/mol. The molecule has 1 heterocycles. The molecular formula is C18H20OS2. The third-order valence-corrected chi connectivity index (χ3v) is 6.86. The smallest absolute Gasteiger partial charge is 0.119 e. The highest BCUT2D eigenvalue weighted by molar-refractivity contribution is 8.19. The van der Waals surface area contributed by atoms with E-state index in [1.54, 1.807) is 0 Å². The monoisotopic (exact) mass is 316 g/mol. The van der Waals surface area contributed by atoms with Crippen LogP contribution < -0.4 is 4.74 Å². The van der Waals surface area contributed by atoms with Gasteiger partial charge in [0.1, 0.15) is 12.4 Å². The number of ether oxygens (including phenoxy) is 1. The summed E-state index contributed by atoms with van der Waals surface area (Å²) in [6, 6.07) is 15.1. The lowest BCUT2D eigenvalue weighted by Gasteiger charge is -2.11. The van der Waals surface area contributed by atoms with Gasteiger partial charge in [0.05, 0.1) is 4.58 Å². The van der Waals surface area contributed by atoms with Gasteiger partial charge in [-0.2, -0.15) is 0 Å². The quantitative estimate of drug-likeness (QED) is 0.751. The third kappa shape index (κ3) is 3.78. The van der Waals surface area contributed by atoms with E-state index >= 15 is 0 Å². The summed E-state index contributed by atoms with van der Waals surface area (Å²) in [5.74, 6) is 3.48. The number of thioether (sulfide) groups is 2. The van der Waals surface area contributed by atoms with E-state index in [0.717, 1.165) is 5.75 Å². The average Bonchev–Trinajstić information content (AvgIpc) is 3.03. The van der Waals surface area contributed by atoms with E-state index in [0.29, 0.717) is 11.2 Å². The first-order valence-corrected chi connectivity index (χ1v) is 9.34. The molecule has 0 amide bonds. The van der Waals surface area contributed by atoms with Gasteiger partial charge in [-0.05, 0) is 48.2 Å². The zero-order valence-electron chi connectivity index (χ0n) is 12.5. The van der Waals surface area contributed by atoms with Crippen molar-refractivity contribution in [3.05, 3.63) is 64.7 Å². The molecule has 1 nitrogen and oxygen atoms in total. The summed E-state index contributed by atoms with van der Waals surface area (Å²) in [6.45, 7) is 4.91. The predicted molar refractivity (Wildman–Crippen MR) is 94.3 cm³/mol. The molecule has 1 aliphatic rings. The van der Waals surface area contributed by atoms with Gasteiger partial charge in [0.2, 0.25) is 0 Å². The van der Waals surface area contributed by atoms with Gasteiger partial charge < -0.3 is 4.74 Å². The van der Waals surface area contributed by atoms with E-state index in [4.69, 9.17) is 4.74 Å². The lowest BCUT2D eigenvalue weighted by Crippen LogP contribution is -1.97. The highest BCUT2D eigenvalue weighted by Crippen LogP contribution is 2.45.